The summed E-state index contributed by atoms with van der Waals surface area (Å²) in [6, 6.07) is 8.80. The first kappa shape index (κ1) is 16.9. The van der Waals surface area contributed by atoms with E-state index in [1.165, 1.54) is 22.2 Å². The number of fused-ring (bicyclic) bond motifs is 1. The average Bonchev–Trinajstić information content (AvgIpc) is 2.91. The van der Waals surface area contributed by atoms with E-state index in [0.717, 1.165) is 16.0 Å². The maximum absolute atomic E-state index is 12.5. The van der Waals surface area contributed by atoms with E-state index in [0.29, 0.717) is 15.8 Å². The third kappa shape index (κ3) is 3.44. The SMILES string of the molecule is Cc1sc2ncn(CC(=O)OCc3ccc(C#N)cc3)c(=O)c2c1C. The van der Waals surface area contributed by atoms with E-state index >= 15 is 0 Å². The number of ether oxygens (including phenoxy) is 1. The lowest BCUT2D eigenvalue weighted by Gasteiger charge is -2.07. The minimum atomic E-state index is -0.516. The van der Waals surface area contributed by atoms with Gasteiger partial charge in [0.05, 0.1) is 23.3 Å². The van der Waals surface area contributed by atoms with Crippen LogP contribution in [0.15, 0.2) is 35.4 Å². The highest BCUT2D eigenvalue weighted by molar-refractivity contribution is 7.18. The third-order valence-electron chi connectivity index (χ3n) is 3.94. The molecule has 3 aromatic rings. The van der Waals surface area contributed by atoms with Gasteiger partial charge >= 0.3 is 5.97 Å². The van der Waals surface area contributed by atoms with Crippen LogP contribution in [-0.4, -0.2) is 15.5 Å². The van der Waals surface area contributed by atoms with Crippen LogP contribution in [0.25, 0.3) is 10.2 Å². The van der Waals surface area contributed by atoms with Gasteiger partial charge in [-0.3, -0.25) is 14.2 Å². The molecule has 126 valence electrons. The van der Waals surface area contributed by atoms with Crippen molar-refractivity contribution in [2.75, 3.05) is 0 Å². The number of carbonyl (C=O) groups excluding carboxylic acids is 1. The molecular weight excluding hydrogens is 338 g/mol. The second-order valence-corrected chi connectivity index (χ2v) is 6.81. The molecule has 2 aromatic heterocycles. The predicted octanol–water partition coefficient (Wildman–Crippen LogP) is 2.69. The Balaban J connectivity index is 1.71. The van der Waals surface area contributed by atoms with Crippen LogP contribution >= 0.6 is 11.3 Å². The molecule has 0 fully saturated rings. The summed E-state index contributed by atoms with van der Waals surface area (Å²) >= 11 is 1.47. The first-order chi connectivity index (χ1) is 12.0. The van der Waals surface area contributed by atoms with Gasteiger partial charge in [-0.25, -0.2) is 4.98 Å². The second kappa shape index (κ2) is 6.87. The summed E-state index contributed by atoms with van der Waals surface area (Å²) in [6.07, 6.45) is 1.38. The zero-order valence-corrected chi connectivity index (χ0v) is 14.6. The molecule has 0 atom stereocenters. The molecule has 0 saturated carbocycles. The molecule has 3 rings (SSSR count). The van der Waals surface area contributed by atoms with Gasteiger partial charge < -0.3 is 4.74 Å². The quantitative estimate of drug-likeness (QED) is 0.673. The van der Waals surface area contributed by atoms with E-state index in [2.05, 4.69) is 4.98 Å². The smallest absolute Gasteiger partial charge is 0.326 e. The lowest BCUT2D eigenvalue weighted by atomic mass is 10.2. The molecule has 2 heterocycles. The van der Waals surface area contributed by atoms with Crippen molar-refractivity contribution in [3.05, 3.63) is 62.5 Å². The summed E-state index contributed by atoms with van der Waals surface area (Å²) in [4.78, 5) is 30.5. The number of hydrogen-bond donors (Lipinski definition) is 0. The van der Waals surface area contributed by atoms with Crippen LogP contribution in [0, 0.1) is 25.2 Å². The maximum atomic E-state index is 12.5. The monoisotopic (exact) mass is 353 g/mol. The van der Waals surface area contributed by atoms with Gasteiger partial charge in [0.25, 0.3) is 5.56 Å². The summed E-state index contributed by atoms with van der Waals surface area (Å²) in [5.41, 5.74) is 1.99. The standard InChI is InChI=1S/C18H15N3O3S/c1-11-12(2)25-17-16(11)18(23)21(10-20-17)8-15(22)24-9-14-5-3-13(7-19)4-6-14/h3-6,10H,8-9H2,1-2H3. The Morgan fingerprint density at radius 2 is 2.04 bits per heavy atom. The van der Waals surface area contributed by atoms with Crippen LogP contribution in [0.1, 0.15) is 21.6 Å². The number of nitrogens with zero attached hydrogens (tertiary/aromatic N) is 3. The number of aromatic nitrogens is 2. The number of benzene rings is 1. The topological polar surface area (TPSA) is 85.0 Å². The van der Waals surface area contributed by atoms with Crippen molar-refractivity contribution in [2.45, 2.75) is 27.0 Å². The number of hydrogen-bond acceptors (Lipinski definition) is 6. The van der Waals surface area contributed by atoms with Crippen molar-refractivity contribution in [3.63, 3.8) is 0 Å². The molecule has 25 heavy (non-hydrogen) atoms. The minimum absolute atomic E-state index is 0.0888. The summed E-state index contributed by atoms with van der Waals surface area (Å²) in [5.74, 6) is -0.516. The van der Waals surface area contributed by atoms with Crippen molar-refractivity contribution in [1.82, 2.24) is 9.55 Å². The van der Waals surface area contributed by atoms with Crippen LogP contribution in [0.3, 0.4) is 0 Å². The molecule has 7 heteroatoms. The zero-order valence-electron chi connectivity index (χ0n) is 13.8. The first-order valence-electron chi connectivity index (χ1n) is 7.59. The summed E-state index contributed by atoms with van der Waals surface area (Å²) < 4.78 is 6.47. The van der Waals surface area contributed by atoms with Crippen molar-refractivity contribution in [1.29, 1.82) is 5.26 Å². The molecule has 0 unspecified atom stereocenters. The second-order valence-electron chi connectivity index (χ2n) is 5.61. The number of thiophene rings is 1. The van der Waals surface area contributed by atoms with Gasteiger partial charge in [-0.1, -0.05) is 12.1 Å². The molecule has 6 nitrogen and oxygen atoms in total. The molecule has 0 bridgehead atoms. The van der Waals surface area contributed by atoms with Crippen molar-refractivity contribution >= 4 is 27.5 Å². The highest BCUT2D eigenvalue weighted by atomic mass is 32.1. The van der Waals surface area contributed by atoms with Gasteiger partial charge in [-0.15, -0.1) is 11.3 Å². The van der Waals surface area contributed by atoms with Crippen LogP contribution < -0.4 is 5.56 Å². The summed E-state index contributed by atoms with van der Waals surface area (Å²) in [7, 11) is 0. The lowest BCUT2D eigenvalue weighted by molar-refractivity contribution is -0.145. The molecule has 1 aromatic carbocycles. The van der Waals surface area contributed by atoms with Crippen LogP contribution in [0.2, 0.25) is 0 Å². The van der Waals surface area contributed by atoms with Crippen LogP contribution in [-0.2, 0) is 22.7 Å². The Morgan fingerprint density at radius 1 is 1.32 bits per heavy atom. The van der Waals surface area contributed by atoms with E-state index in [1.54, 1.807) is 24.3 Å². The van der Waals surface area contributed by atoms with E-state index in [9.17, 15) is 9.59 Å². The zero-order chi connectivity index (χ0) is 18.0. The average molecular weight is 353 g/mol. The van der Waals surface area contributed by atoms with Gasteiger partial charge in [-0.2, -0.15) is 5.26 Å². The Kier molecular flexibility index (Phi) is 4.63. The fourth-order valence-electron chi connectivity index (χ4n) is 2.41. The van der Waals surface area contributed by atoms with Gasteiger partial charge in [0.2, 0.25) is 0 Å². The van der Waals surface area contributed by atoms with E-state index in [4.69, 9.17) is 10.00 Å². The minimum Gasteiger partial charge on any atom is -0.459 e. The predicted molar refractivity (Wildman–Crippen MR) is 94.3 cm³/mol. The molecule has 0 aliphatic rings. The highest BCUT2D eigenvalue weighted by Gasteiger charge is 2.14. The number of esters is 1. The van der Waals surface area contributed by atoms with Gasteiger partial charge in [0, 0.05) is 4.88 Å². The third-order valence-corrected chi connectivity index (χ3v) is 5.05. The Morgan fingerprint density at radius 3 is 2.72 bits per heavy atom. The Labute approximate surface area is 147 Å². The normalized spacial score (nSPS) is 10.6. The van der Waals surface area contributed by atoms with Gasteiger partial charge in [0.1, 0.15) is 18.0 Å². The van der Waals surface area contributed by atoms with E-state index in [-0.39, 0.29) is 18.7 Å². The first-order valence-corrected chi connectivity index (χ1v) is 8.41. The fraction of sp³-hybridized carbons (Fsp3) is 0.222. The number of aryl methyl sites for hydroxylation is 2. The van der Waals surface area contributed by atoms with E-state index < -0.39 is 5.97 Å². The van der Waals surface area contributed by atoms with Crippen molar-refractivity contribution in [2.24, 2.45) is 0 Å². The van der Waals surface area contributed by atoms with Crippen molar-refractivity contribution in [3.8, 4) is 6.07 Å². The maximum Gasteiger partial charge on any atom is 0.326 e. The summed E-state index contributed by atoms with van der Waals surface area (Å²) in [6.45, 7) is 3.72. The van der Waals surface area contributed by atoms with Gasteiger partial charge in [-0.05, 0) is 37.1 Å². The Hall–Kier alpha value is -2.98. The molecule has 0 N–H and O–H groups in total. The lowest BCUT2D eigenvalue weighted by Crippen LogP contribution is -2.25. The van der Waals surface area contributed by atoms with Crippen molar-refractivity contribution < 1.29 is 9.53 Å². The van der Waals surface area contributed by atoms with E-state index in [1.807, 2.05) is 19.9 Å². The molecule has 0 spiro atoms. The fourth-order valence-corrected chi connectivity index (χ4v) is 3.39. The highest BCUT2D eigenvalue weighted by Crippen LogP contribution is 2.25. The number of rotatable bonds is 4. The molecule has 0 radical (unpaired) electrons. The largest absolute Gasteiger partial charge is 0.459 e. The molecular formula is C18H15N3O3S. The molecule has 0 amide bonds. The molecule has 0 saturated heterocycles. The van der Waals surface area contributed by atoms with Crippen LogP contribution in [0.5, 0.6) is 0 Å². The van der Waals surface area contributed by atoms with Crippen LogP contribution in [0.4, 0.5) is 0 Å². The number of carbonyl (C=O) groups is 1. The molecule has 0 aliphatic heterocycles. The number of nitriles is 1. The summed E-state index contributed by atoms with van der Waals surface area (Å²) in [5, 5.41) is 9.32. The van der Waals surface area contributed by atoms with Gasteiger partial charge in [0.15, 0.2) is 0 Å². The molecule has 0 aliphatic carbocycles. The Bertz CT molecular complexity index is 1040.